The Labute approximate surface area is 736 Å². The van der Waals surface area contributed by atoms with Gasteiger partial charge in [0.05, 0.1) is 54.2 Å². The molecular weight excluding hydrogens is 1700 g/mol. The van der Waals surface area contributed by atoms with E-state index in [4.69, 9.17) is 26.4 Å². The second-order valence-electron chi connectivity index (χ2n) is 30.7. The topological polar surface area (TPSA) is 615 Å². The number of hydrogen-bond acceptors (Lipinski definition) is 29. The summed E-state index contributed by atoms with van der Waals surface area (Å²) in [4.78, 5) is 205. The average molecular weight is 1810 g/mol. The molecule has 0 radical (unpaired) electrons. The Morgan fingerprint density at radius 2 is 1.24 bits per heavy atom. The first-order valence-electron chi connectivity index (χ1n) is 41.2. The van der Waals surface area contributed by atoms with Gasteiger partial charge in [-0.05, 0) is 142 Å². The minimum absolute atomic E-state index is 0.0178. The van der Waals surface area contributed by atoms with Crippen LogP contribution in [0.4, 0.5) is 22.7 Å². The number of nitrogens with zero attached hydrogens (tertiary/aromatic N) is 7. The number of unbranched alkanes of at least 4 members (excludes halogenated alkanes) is 2. The zero-order valence-electron chi connectivity index (χ0n) is 70.3. The number of carbonyl (C=O) groups excluding carboxylic acids is 13. The molecular formula is C83H109N19O23S2. The zero-order chi connectivity index (χ0) is 92.3. The van der Waals surface area contributed by atoms with E-state index in [2.05, 4.69) is 58.1 Å². The predicted octanol–water partition coefficient (Wildman–Crippen LogP) is 1.03. The Hall–Kier alpha value is -12.6. The van der Waals surface area contributed by atoms with Crippen LogP contribution in [0.5, 0.6) is 5.75 Å². The third-order valence-corrected chi connectivity index (χ3v) is 23.3. The fraction of sp³-hybridized carbons (Fsp3) is 0.470. The number of aliphatic carboxylic acids is 2. The Kier molecular flexibility index (Phi) is 39.2. The van der Waals surface area contributed by atoms with Crippen LogP contribution in [0.2, 0.25) is 0 Å². The number of carbonyl (C=O) groups is 15. The van der Waals surface area contributed by atoms with Crippen LogP contribution in [0.3, 0.4) is 0 Å². The highest BCUT2D eigenvalue weighted by molar-refractivity contribution is 8.01. The van der Waals surface area contributed by atoms with E-state index in [0.717, 1.165) is 33.9 Å². The number of nitrogen functional groups attached to an aromatic ring is 1. The van der Waals surface area contributed by atoms with E-state index in [9.17, 15) is 100 Å². The van der Waals surface area contributed by atoms with E-state index >= 15 is 0 Å². The van der Waals surface area contributed by atoms with E-state index < -0.39 is 152 Å². The number of amides is 10. The summed E-state index contributed by atoms with van der Waals surface area (Å²) in [6.07, 6.45) is -0.776. The smallest absolute Gasteiger partial charge is 0.317 e. The first kappa shape index (κ1) is 99.8. The van der Waals surface area contributed by atoms with Gasteiger partial charge < -0.3 is 84.1 Å². The molecule has 0 saturated carbocycles. The van der Waals surface area contributed by atoms with Crippen LogP contribution in [0.1, 0.15) is 93.7 Å². The predicted molar refractivity (Wildman–Crippen MR) is 463 cm³/mol. The second kappa shape index (κ2) is 49.9. The number of carboxylic acid groups (broad SMARTS) is 2. The Bertz CT molecular complexity index is 4950. The quantitative estimate of drug-likeness (QED) is 0.00380. The molecule has 0 spiro atoms. The number of thioether (sulfide) groups is 1. The lowest BCUT2D eigenvalue weighted by atomic mass is 9.90. The van der Waals surface area contributed by atoms with Crippen molar-refractivity contribution < 1.29 is 110 Å². The maximum Gasteiger partial charge on any atom is 0.317 e. The van der Waals surface area contributed by atoms with Gasteiger partial charge in [-0.15, -0.1) is 16.9 Å². The summed E-state index contributed by atoms with van der Waals surface area (Å²) in [7, 11) is -4.67. The molecule has 127 heavy (non-hydrogen) atoms. The number of benzene rings is 5. The molecule has 5 aromatic rings. The Balaban J connectivity index is 0.860. The van der Waals surface area contributed by atoms with Gasteiger partial charge in [-0.3, -0.25) is 106 Å². The van der Waals surface area contributed by atoms with Crippen LogP contribution in [-0.4, -0.2) is 295 Å². The SMILES string of the molecule is Cc1cc(-c2ccc(NC(=O)[C@@H](CCCCNC(=O)CCN3C(=O)CC(SCC(=O)NCCCC[C@H]4NC(=O)[C@H](Cc5ccccc5)CC(=O)[C@H](CC(=O)O)NC(=O)CNC(=O)[C@H](CCCNC(=N)N)NC4=O)C3=O)NC(=O)CN3CCN(COC=O)CCN(COC=O)CCN(CC(=O)O)CC3)c(C)c2)ccc1N=Nc1ccc2c(S(=O)(=O)O)ccc(N)c2c1O. The van der Waals surface area contributed by atoms with E-state index in [1.807, 2.05) is 17.0 Å². The van der Waals surface area contributed by atoms with Crippen LogP contribution >= 0.6 is 11.8 Å². The number of aromatic hydroxyl groups is 1. The Morgan fingerprint density at radius 1 is 0.654 bits per heavy atom. The van der Waals surface area contributed by atoms with Crippen molar-refractivity contribution in [3.8, 4) is 16.9 Å². The van der Waals surface area contributed by atoms with Crippen molar-refractivity contribution in [2.75, 3.05) is 128 Å². The van der Waals surface area contributed by atoms with Gasteiger partial charge in [-0.1, -0.05) is 48.5 Å². The number of imide groups is 1. The van der Waals surface area contributed by atoms with Gasteiger partial charge in [0, 0.05) is 120 Å². The second-order valence-corrected chi connectivity index (χ2v) is 33.3. The molecule has 3 aliphatic heterocycles. The van der Waals surface area contributed by atoms with Crippen LogP contribution in [0.25, 0.3) is 21.9 Å². The molecule has 6 atom stereocenters. The Morgan fingerprint density at radius 3 is 1.87 bits per heavy atom. The third-order valence-electron chi connectivity index (χ3n) is 21.2. The molecule has 8 rings (SSSR count). The molecule has 5 aromatic carbocycles. The number of nitrogens with two attached hydrogens (primary N) is 2. The molecule has 3 fully saturated rings. The lowest BCUT2D eigenvalue weighted by molar-refractivity contribution is -0.141. The molecule has 3 aliphatic rings. The summed E-state index contributed by atoms with van der Waals surface area (Å²) in [6.45, 7) is 4.71. The fourth-order valence-electron chi connectivity index (χ4n) is 14.4. The molecule has 3 saturated heterocycles. The van der Waals surface area contributed by atoms with Gasteiger partial charge in [0.15, 0.2) is 17.5 Å². The van der Waals surface area contributed by atoms with Gasteiger partial charge in [0.1, 0.15) is 42.2 Å². The minimum Gasteiger partial charge on any atom is -0.505 e. The van der Waals surface area contributed by atoms with E-state index in [0.29, 0.717) is 60.6 Å². The number of rotatable bonds is 41. The van der Waals surface area contributed by atoms with Gasteiger partial charge in [0.25, 0.3) is 23.1 Å². The number of azo groups is 1. The number of ether oxygens (including phenoxy) is 2. The number of hydrogen-bond donors (Lipinski definition) is 16. The number of phenols is 1. The first-order valence-corrected chi connectivity index (χ1v) is 43.7. The van der Waals surface area contributed by atoms with Crippen LogP contribution in [-0.2, 0) is 97.9 Å². The number of aryl methyl sites for hydroxylation is 2. The van der Waals surface area contributed by atoms with Crippen molar-refractivity contribution in [1.82, 2.24) is 67.0 Å². The molecule has 0 bridgehead atoms. The number of fused-ring (bicyclic) bond motifs is 1. The molecule has 10 amide bonds. The van der Waals surface area contributed by atoms with Crippen molar-refractivity contribution in [2.24, 2.45) is 21.9 Å². The van der Waals surface area contributed by atoms with Crippen molar-refractivity contribution in [3.05, 3.63) is 108 Å². The maximum absolute atomic E-state index is 14.6. The molecule has 42 nitrogen and oxygen atoms in total. The lowest BCUT2D eigenvalue weighted by Gasteiger charge is -2.33. The molecule has 3 heterocycles. The minimum atomic E-state index is -4.67. The summed E-state index contributed by atoms with van der Waals surface area (Å²) in [5.74, 6) is -12.1. The molecule has 18 N–H and O–H groups in total. The van der Waals surface area contributed by atoms with Crippen molar-refractivity contribution in [3.63, 3.8) is 0 Å². The molecule has 686 valence electrons. The van der Waals surface area contributed by atoms with Gasteiger partial charge in [-0.25, -0.2) is 0 Å². The number of ketones is 1. The highest BCUT2D eigenvalue weighted by atomic mass is 32.2. The number of anilines is 2. The van der Waals surface area contributed by atoms with Crippen LogP contribution < -0.4 is 59.3 Å². The van der Waals surface area contributed by atoms with Crippen molar-refractivity contribution in [2.45, 2.75) is 132 Å². The molecule has 0 aromatic heterocycles. The normalized spacial score (nSPS) is 18.6. The average Bonchev–Trinajstić information content (AvgIpc) is 1.48. The summed E-state index contributed by atoms with van der Waals surface area (Å²) < 4.78 is 44.0. The monoisotopic (exact) mass is 1800 g/mol. The van der Waals surface area contributed by atoms with Crippen molar-refractivity contribution in [1.29, 1.82) is 5.41 Å². The number of nitrogens with one attached hydrogen (secondary N) is 10. The number of guanidine groups is 1. The number of phenolic OH excluding ortho intramolecular Hbond substituents is 1. The van der Waals surface area contributed by atoms with Gasteiger partial charge in [-0.2, -0.15) is 13.5 Å². The van der Waals surface area contributed by atoms with E-state index in [1.54, 1.807) is 83.1 Å². The largest absolute Gasteiger partial charge is 0.505 e. The summed E-state index contributed by atoms with van der Waals surface area (Å²) >= 11 is 0.921. The fourth-order valence-corrected chi connectivity index (χ4v) is 16.1. The molecule has 0 aliphatic carbocycles. The highest BCUT2D eigenvalue weighted by Gasteiger charge is 2.40. The molecule has 1 unspecified atom stereocenters. The number of carboxylic acids is 2. The summed E-state index contributed by atoms with van der Waals surface area (Å²) in [5, 5.41) is 69.8. The van der Waals surface area contributed by atoms with Crippen LogP contribution in [0.15, 0.2) is 106 Å². The van der Waals surface area contributed by atoms with Crippen LogP contribution in [0, 0.1) is 25.2 Å². The lowest BCUT2D eigenvalue weighted by Crippen LogP contribution is -2.55. The standard InChI is InChI=1S/C83H109N19O23S2/c1-51-37-54(55-17-21-60(52(2)38-55)96-97-61-22-18-57-68(127(121,122)123)23-19-58(84)76(57)77(61)115)16-20-59(51)93-80(118)63(91-71(108)44-98-29-30-99(45-75(113)114)32-34-101(48-125-50-104)36-35-100(33-31-98)47-124-49-103)13-6-8-25-87-69(106)24-28-102-73(110)42-67(82(102)120)126-46-72(109)88-26-9-7-14-64-81(119)95-62(15-10-27-89-83(85)86)79(117)90-43-70(107)92-65(41-74(111)112)66(105)40-56(78(116)94-64)39-53-11-4-3-5-12-53/h3-5,11-12,16-23,37-38,49-50,56,62-65,67,115H,6-10,13-15,24-36,39-48,84H2,1-2H3,(H,87,106)(H,88,109)(H,90,117)(H,91,108)(H,92,107)(H,93,118)(H,94,116)(H,95,119)(H,111,112)(H,113,114)(H4,85,86,89)(H,121,122,123)/t56-,62+,63-,64-,65+,67?/m1/s1. The highest BCUT2D eigenvalue weighted by Crippen LogP contribution is 2.42. The van der Waals surface area contributed by atoms with Gasteiger partial charge in [0.2, 0.25) is 59.1 Å². The number of Topliss-reactive ketones (excluding diaryl/α,β-unsaturated/α-hetero) is 1. The summed E-state index contributed by atoms with van der Waals surface area (Å²) in [6, 6.07) is 18.9. The maximum atomic E-state index is 14.6. The third kappa shape index (κ3) is 32.4. The first-order chi connectivity index (χ1) is 60.7. The summed E-state index contributed by atoms with van der Waals surface area (Å²) in [5.41, 5.74) is 15.8. The molecule has 44 heteroatoms. The van der Waals surface area contributed by atoms with Crippen molar-refractivity contribution >= 4 is 151 Å². The number of likely N-dealkylation sites (tertiary alicyclic amines) is 1. The van der Waals surface area contributed by atoms with Gasteiger partial charge >= 0.3 is 11.9 Å². The van der Waals surface area contributed by atoms with E-state index in [1.165, 1.54) is 18.2 Å². The van der Waals surface area contributed by atoms with E-state index in [-0.39, 0.29) is 190 Å². The zero-order valence-corrected chi connectivity index (χ0v) is 72.0.